The van der Waals surface area contributed by atoms with E-state index in [4.69, 9.17) is 22.1 Å². The van der Waals surface area contributed by atoms with Crippen molar-refractivity contribution in [1.82, 2.24) is 0 Å². The molecule has 0 aromatic heterocycles. The van der Waals surface area contributed by atoms with Gasteiger partial charge >= 0.3 is 0 Å². The van der Waals surface area contributed by atoms with E-state index >= 15 is 0 Å². The number of quaternary nitrogens is 1. The van der Waals surface area contributed by atoms with Crippen LogP contribution in [0.1, 0.15) is 30.0 Å². The smallest absolute Gasteiger partial charge is 0.120 e. The van der Waals surface area contributed by atoms with Gasteiger partial charge in [-0.3, -0.25) is 0 Å². The van der Waals surface area contributed by atoms with Gasteiger partial charge in [0.15, 0.2) is 0 Å². The summed E-state index contributed by atoms with van der Waals surface area (Å²) >= 11 is 9.61. The third-order valence-corrected chi connectivity index (χ3v) is 5.67. The Hall–Kier alpha value is -1.59. The number of ether oxygens (including phenoxy) is 1. The minimum Gasteiger partial charge on any atom is -0.490 e. The number of nitrogens with two attached hydrogens (primary N) is 1. The summed E-state index contributed by atoms with van der Waals surface area (Å²) in [4.78, 5) is 1.46. The van der Waals surface area contributed by atoms with Gasteiger partial charge in [0.05, 0.1) is 13.6 Å². The van der Waals surface area contributed by atoms with Crippen LogP contribution in [0.15, 0.2) is 53.5 Å². The van der Waals surface area contributed by atoms with E-state index < -0.39 is 0 Å². The summed E-state index contributed by atoms with van der Waals surface area (Å²) in [6.07, 6.45) is 7.07. The van der Waals surface area contributed by atoms with E-state index in [1.54, 1.807) is 6.08 Å². The molecule has 0 fully saturated rings. The number of rotatable bonds is 11. The highest BCUT2D eigenvalue weighted by Crippen LogP contribution is 2.24. The topological polar surface area (TPSA) is 39.7 Å². The third-order valence-electron chi connectivity index (χ3n) is 4.75. The van der Waals surface area contributed by atoms with Crippen LogP contribution in [0.4, 0.5) is 0 Å². The minimum atomic E-state index is 0.492. The lowest BCUT2D eigenvalue weighted by atomic mass is 10.1. The normalized spacial score (nSPS) is 13.4. The van der Waals surface area contributed by atoms with Gasteiger partial charge in [-0.05, 0) is 53.9 Å². The van der Waals surface area contributed by atoms with Crippen LogP contribution in [0, 0.1) is 5.92 Å². The second-order valence-electron chi connectivity index (χ2n) is 7.52. The van der Waals surface area contributed by atoms with E-state index in [0.29, 0.717) is 17.5 Å². The molecule has 2 rings (SSSR count). The molecule has 0 amide bonds. The first-order chi connectivity index (χ1) is 13.9. The standard InChI is InChI=1S/C24H30BrClN2O/c1-4-11-29-23-13-19(5-6-21-7-8-22(26)15-24(21)25)12-20(14-23)17-28(3)10-9-18(2)16-27/h4-8,12-15,18H,1,9-11,16-17,27H2,2-3H3/p+1/b6-5+. The maximum atomic E-state index is 6.04. The molecule has 2 aromatic carbocycles. The molecule has 3 nitrogen and oxygen atoms in total. The quantitative estimate of drug-likeness (QED) is 0.358. The molecule has 0 heterocycles. The SMILES string of the molecule is C=CCOc1cc(/C=C/c2ccc(Cl)cc2Br)cc(C[NH+](C)CCC(C)CN)c1. The third kappa shape index (κ3) is 8.35. The van der Waals surface area contributed by atoms with Crippen LogP contribution in [0.5, 0.6) is 5.75 Å². The molecule has 0 saturated heterocycles. The molecule has 2 aromatic rings. The molecule has 2 unspecified atom stereocenters. The Kier molecular flexibility index (Phi) is 9.95. The summed E-state index contributed by atoms with van der Waals surface area (Å²) in [6.45, 7) is 9.21. The fourth-order valence-electron chi connectivity index (χ4n) is 2.99. The Morgan fingerprint density at radius 2 is 2.03 bits per heavy atom. The fourth-order valence-corrected chi connectivity index (χ4v) is 3.81. The Morgan fingerprint density at radius 3 is 2.72 bits per heavy atom. The van der Waals surface area contributed by atoms with Crippen LogP contribution in [-0.2, 0) is 6.54 Å². The van der Waals surface area contributed by atoms with Gasteiger partial charge in [0.1, 0.15) is 18.9 Å². The van der Waals surface area contributed by atoms with Crippen LogP contribution < -0.4 is 15.4 Å². The molecule has 0 aliphatic carbocycles. The molecule has 0 aliphatic heterocycles. The van der Waals surface area contributed by atoms with Gasteiger partial charge in [-0.1, -0.05) is 65.3 Å². The highest BCUT2D eigenvalue weighted by molar-refractivity contribution is 9.10. The number of benzene rings is 2. The predicted octanol–water partition coefficient (Wildman–Crippen LogP) is 4.84. The first-order valence-corrected chi connectivity index (χ1v) is 11.1. The summed E-state index contributed by atoms with van der Waals surface area (Å²) in [5, 5.41) is 0.714. The number of hydrogen-bond acceptors (Lipinski definition) is 2. The van der Waals surface area contributed by atoms with E-state index in [9.17, 15) is 0 Å². The second-order valence-corrected chi connectivity index (χ2v) is 8.81. The maximum absolute atomic E-state index is 6.04. The molecule has 2 atom stereocenters. The first kappa shape index (κ1) is 23.7. The van der Waals surface area contributed by atoms with Crippen molar-refractivity contribution in [1.29, 1.82) is 0 Å². The fraction of sp³-hybridized carbons (Fsp3) is 0.333. The number of nitrogens with one attached hydrogen (secondary N) is 1. The highest BCUT2D eigenvalue weighted by Gasteiger charge is 2.09. The predicted molar refractivity (Wildman–Crippen MR) is 129 cm³/mol. The summed E-state index contributed by atoms with van der Waals surface area (Å²) in [5.41, 5.74) is 9.17. The van der Waals surface area contributed by atoms with Gasteiger partial charge < -0.3 is 15.4 Å². The summed E-state index contributed by atoms with van der Waals surface area (Å²) in [5.74, 6) is 1.42. The molecule has 0 radical (unpaired) electrons. The molecular weight excluding hydrogens is 448 g/mol. The van der Waals surface area contributed by atoms with E-state index in [1.807, 2.05) is 18.2 Å². The summed E-state index contributed by atoms with van der Waals surface area (Å²) in [7, 11) is 2.22. The Bertz CT molecular complexity index is 838. The molecule has 3 N–H and O–H groups in total. The van der Waals surface area contributed by atoms with Crippen LogP contribution in [0.2, 0.25) is 5.02 Å². The van der Waals surface area contributed by atoms with Crippen LogP contribution in [0.3, 0.4) is 0 Å². The maximum Gasteiger partial charge on any atom is 0.120 e. The van der Waals surface area contributed by atoms with Crippen molar-refractivity contribution >= 4 is 39.7 Å². The van der Waals surface area contributed by atoms with Gasteiger partial charge in [-0.2, -0.15) is 0 Å². The average Bonchev–Trinajstić information content (AvgIpc) is 2.69. The molecule has 0 aliphatic rings. The van der Waals surface area contributed by atoms with Crippen LogP contribution in [0.25, 0.3) is 12.2 Å². The zero-order chi connectivity index (χ0) is 21.2. The van der Waals surface area contributed by atoms with E-state index in [2.05, 4.69) is 66.8 Å². The Labute approximate surface area is 188 Å². The van der Waals surface area contributed by atoms with Crippen molar-refractivity contribution < 1.29 is 9.64 Å². The van der Waals surface area contributed by atoms with E-state index in [1.165, 1.54) is 10.5 Å². The molecule has 0 saturated carbocycles. The van der Waals surface area contributed by atoms with Gasteiger partial charge in [0, 0.05) is 21.5 Å². The summed E-state index contributed by atoms with van der Waals surface area (Å²) in [6, 6.07) is 12.2. The lowest BCUT2D eigenvalue weighted by Crippen LogP contribution is -3.07. The highest BCUT2D eigenvalue weighted by atomic mass is 79.9. The second kappa shape index (κ2) is 12.2. The molecule has 29 heavy (non-hydrogen) atoms. The average molecular weight is 479 g/mol. The lowest BCUT2D eigenvalue weighted by Gasteiger charge is -2.17. The van der Waals surface area contributed by atoms with Crippen molar-refractivity contribution in [3.8, 4) is 5.75 Å². The molecule has 5 heteroatoms. The van der Waals surface area contributed by atoms with Crippen LogP contribution >= 0.6 is 27.5 Å². The Balaban J connectivity index is 2.18. The van der Waals surface area contributed by atoms with Crippen molar-refractivity contribution in [3.05, 3.63) is 75.2 Å². The first-order valence-electron chi connectivity index (χ1n) is 9.93. The van der Waals surface area contributed by atoms with Crippen molar-refractivity contribution in [2.75, 3.05) is 26.7 Å². The number of hydrogen-bond donors (Lipinski definition) is 2. The van der Waals surface area contributed by atoms with Gasteiger partial charge in [-0.25, -0.2) is 0 Å². The van der Waals surface area contributed by atoms with Crippen molar-refractivity contribution in [3.63, 3.8) is 0 Å². The molecule has 156 valence electrons. The largest absolute Gasteiger partial charge is 0.490 e. The van der Waals surface area contributed by atoms with E-state index in [0.717, 1.165) is 47.4 Å². The molecular formula is C24H31BrClN2O+. The van der Waals surface area contributed by atoms with Crippen LogP contribution in [-0.4, -0.2) is 26.7 Å². The Morgan fingerprint density at radius 1 is 1.24 bits per heavy atom. The zero-order valence-electron chi connectivity index (χ0n) is 17.3. The monoisotopic (exact) mass is 477 g/mol. The van der Waals surface area contributed by atoms with Gasteiger partial charge in [0.2, 0.25) is 0 Å². The van der Waals surface area contributed by atoms with Gasteiger partial charge in [-0.15, -0.1) is 0 Å². The van der Waals surface area contributed by atoms with Gasteiger partial charge in [0.25, 0.3) is 0 Å². The molecule has 0 spiro atoms. The summed E-state index contributed by atoms with van der Waals surface area (Å²) < 4.78 is 6.79. The zero-order valence-corrected chi connectivity index (χ0v) is 19.6. The number of halogens is 2. The lowest BCUT2D eigenvalue weighted by molar-refractivity contribution is -0.894. The van der Waals surface area contributed by atoms with E-state index in [-0.39, 0.29) is 0 Å². The van der Waals surface area contributed by atoms with Crippen molar-refractivity contribution in [2.24, 2.45) is 11.7 Å². The minimum absolute atomic E-state index is 0.492. The van der Waals surface area contributed by atoms with Crippen molar-refractivity contribution in [2.45, 2.75) is 19.9 Å². The molecule has 0 bridgehead atoms.